The van der Waals surface area contributed by atoms with Crippen LogP contribution in [0.15, 0.2) is 35.2 Å². The van der Waals surface area contributed by atoms with Crippen molar-refractivity contribution in [1.82, 2.24) is 14.8 Å². The number of carbonyl (C=O) groups excluding carboxylic acids is 1. The molecule has 2 aliphatic rings. The first-order valence-corrected chi connectivity index (χ1v) is 11.3. The molecule has 1 aliphatic carbocycles. The van der Waals surface area contributed by atoms with Crippen LogP contribution in [0, 0.1) is 11.3 Å². The Balaban J connectivity index is 1.24. The van der Waals surface area contributed by atoms with E-state index in [1.54, 1.807) is 24.5 Å². The van der Waals surface area contributed by atoms with Gasteiger partial charge in [0.2, 0.25) is 5.91 Å². The zero-order chi connectivity index (χ0) is 21.1. The predicted octanol–water partition coefficient (Wildman–Crippen LogP) is 3.63. The molecule has 0 unspecified atom stereocenters. The molecule has 1 saturated carbocycles. The van der Waals surface area contributed by atoms with Crippen molar-refractivity contribution in [2.45, 2.75) is 25.8 Å². The number of carbonyl (C=O) groups is 1. The number of phenolic OH excluding ortho intramolecular Hbond substituents is 1. The number of nitrogens with zero attached hydrogens (tertiary/aromatic N) is 3. The van der Waals surface area contributed by atoms with Crippen molar-refractivity contribution in [2.24, 2.45) is 11.3 Å². The van der Waals surface area contributed by atoms with Crippen LogP contribution in [0.2, 0.25) is 0 Å². The third-order valence-corrected chi connectivity index (χ3v) is 7.11. The lowest BCUT2D eigenvalue weighted by atomic mass is 9.90. The van der Waals surface area contributed by atoms with Gasteiger partial charge in [-0.3, -0.25) is 9.69 Å². The number of likely N-dealkylation sites (tertiary alicyclic amines) is 1. The van der Waals surface area contributed by atoms with Crippen LogP contribution in [0.3, 0.4) is 0 Å². The number of amides is 1. The summed E-state index contributed by atoms with van der Waals surface area (Å²) < 4.78 is 5.16. The van der Waals surface area contributed by atoms with Gasteiger partial charge >= 0.3 is 0 Å². The molecule has 0 radical (unpaired) electrons. The maximum atomic E-state index is 12.8. The monoisotopic (exact) mass is 427 g/mol. The normalized spacial score (nSPS) is 20.5. The fourth-order valence-corrected chi connectivity index (χ4v) is 5.02. The van der Waals surface area contributed by atoms with Gasteiger partial charge in [-0.25, -0.2) is 4.98 Å². The lowest BCUT2D eigenvalue weighted by Crippen LogP contribution is -2.37. The Morgan fingerprint density at radius 2 is 2.23 bits per heavy atom. The Morgan fingerprint density at radius 3 is 2.93 bits per heavy atom. The lowest BCUT2D eigenvalue weighted by molar-refractivity contribution is -0.133. The first kappa shape index (κ1) is 20.9. The summed E-state index contributed by atoms with van der Waals surface area (Å²) >= 11 is 1.57. The number of ether oxygens (including phenoxy) is 1. The Hall–Kier alpha value is -2.38. The van der Waals surface area contributed by atoms with Crippen LogP contribution in [-0.4, -0.2) is 59.6 Å². The molecule has 2 fully saturated rings. The van der Waals surface area contributed by atoms with Gasteiger partial charge in [0.15, 0.2) is 11.5 Å². The second kappa shape index (κ2) is 8.78. The fourth-order valence-electron chi connectivity index (χ4n) is 4.47. The number of piperidine rings is 1. The molecule has 2 heterocycles. The topological polar surface area (TPSA) is 65.9 Å². The van der Waals surface area contributed by atoms with E-state index in [-0.39, 0.29) is 23.0 Å². The molecule has 1 saturated heterocycles. The van der Waals surface area contributed by atoms with Gasteiger partial charge in [0.25, 0.3) is 0 Å². The van der Waals surface area contributed by atoms with E-state index in [4.69, 9.17) is 4.74 Å². The minimum Gasteiger partial charge on any atom is -0.504 e. The predicted molar refractivity (Wildman–Crippen MR) is 118 cm³/mol. The smallest absolute Gasteiger partial charge is 0.226 e. The number of rotatable bonds is 7. The first-order valence-electron chi connectivity index (χ1n) is 10.4. The molecule has 1 spiro atoms. The second-order valence-electron chi connectivity index (χ2n) is 8.43. The Kier molecular flexibility index (Phi) is 6.11. The summed E-state index contributed by atoms with van der Waals surface area (Å²) in [6, 6.07) is 5.36. The molecule has 4 rings (SSSR count). The molecule has 160 valence electrons. The summed E-state index contributed by atoms with van der Waals surface area (Å²) in [7, 11) is 3.45. The molecule has 30 heavy (non-hydrogen) atoms. The Labute approximate surface area is 181 Å². The van der Waals surface area contributed by atoms with Gasteiger partial charge in [-0.2, -0.15) is 0 Å². The summed E-state index contributed by atoms with van der Waals surface area (Å²) in [5, 5.41) is 11.7. The van der Waals surface area contributed by atoms with Crippen molar-refractivity contribution < 1.29 is 14.6 Å². The number of benzene rings is 1. The number of methoxy groups -OCH3 is 1. The highest BCUT2D eigenvalue weighted by atomic mass is 32.1. The molecule has 6 nitrogen and oxygen atoms in total. The molecule has 1 aliphatic heterocycles. The van der Waals surface area contributed by atoms with Crippen LogP contribution >= 0.6 is 11.3 Å². The van der Waals surface area contributed by atoms with E-state index in [2.05, 4.69) is 22.0 Å². The lowest BCUT2D eigenvalue weighted by Gasteiger charge is -2.32. The molecular formula is C23H29N3O3S. The number of thiazole rings is 1. The minimum atomic E-state index is 0.154. The van der Waals surface area contributed by atoms with Crippen molar-refractivity contribution in [1.29, 1.82) is 0 Å². The van der Waals surface area contributed by atoms with Crippen molar-refractivity contribution in [3.8, 4) is 11.5 Å². The molecule has 7 heteroatoms. The maximum absolute atomic E-state index is 12.8. The summed E-state index contributed by atoms with van der Waals surface area (Å²) in [5.41, 5.74) is 4.01. The minimum absolute atomic E-state index is 0.154. The van der Waals surface area contributed by atoms with Gasteiger partial charge in [0.05, 0.1) is 24.9 Å². The number of hydrogen-bond acceptors (Lipinski definition) is 6. The van der Waals surface area contributed by atoms with Crippen molar-refractivity contribution in [3.63, 3.8) is 0 Å². The van der Waals surface area contributed by atoms with Crippen LogP contribution in [0.1, 0.15) is 30.5 Å². The first-order chi connectivity index (χ1) is 14.5. The van der Waals surface area contributed by atoms with E-state index >= 15 is 0 Å². The number of aromatic hydroxyl groups is 1. The Bertz CT molecular complexity index is 904. The van der Waals surface area contributed by atoms with Gasteiger partial charge in [-0.1, -0.05) is 18.2 Å². The summed E-state index contributed by atoms with van der Waals surface area (Å²) in [5.74, 6) is 1.10. The van der Waals surface area contributed by atoms with E-state index in [1.807, 2.05) is 35.0 Å². The van der Waals surface area contributed by atoms with E-state index in [0.29, 0.717) is 12.3 Å². The summed E-state index contributed by atoms with van der Waals surface area (Å²) in [4.78, 5) is 21.4. The van der Waals surface area contributed by atoms with Gasteiger partial charge in [0.1, 0.15) is 0 Å². The van der Waals surface area contributed by atoms with Crippen molar-refractivity contribution >= 4 is 23.3 Å². The highest BCUT2D eigenvalue weighted by Gasteiger charge is 2.58. The van der Waals surface area contributed by atoms with E-state index < -0.39 is 0 Å². The van der Waals surface area contributed by atoms with Crippen LogP contribution in [0.25, 0.3) is 6.08 Å². The van der Waals surface area contributed by atoms with E-state index in [9.17, 15) is 9.90 Å². The number of hydrogen-bond donors (Lipinski definition) is 1. The second-order valence-corrected chi connectivity index (χ2v) is 9.15. The number of aromatic nitrogens is 1. The average molecular weight is 428 g/mol. The third kappa shape index (κ3) is 4.52. The zero-order valence-corrected chi connectivity index (χ0v) is 18.4. The van der Waals surface area contributed by atoms with Crippen LogP contribution in [-0.2, 0) is 11.3 Å². The standard InChI is InChI=1S/C23H29N3O3S/c1-25(14-18-15-30-16-24-18)22(28)19-13-23(19)7-10-26(11-8-23)9-3-4-17-5-6-20(27)21(12-17)29-2/h3-6,12,15-16,19,27H,7-11,13-14H2,1-2H3/b4-3+/t19-/m0/s1. The Morgan fingerprint density at radius 1 is 1.43 bits per heavy atom. The van der Waals surface area contributed by atoms with Crippen LogP contribution < -0.4 is 4.74 Å². The van der Waals surface area contributed by atoms with Gasteiger partial charge < -0.3 is 14.7 Å². The van der Waals surface area contributed by atoms with E-state index in [0.717, 1.165) is 50.2 Å². The summed E-state index contributed by atoms with van der Waals surface area (Å²) in [6.07, 6.45) is 7.43. The molecule has 1 N–H and O–H groups in total. The molecular weight excluding hydrogens is 398 g/mol. The zero-order valence-electron chi connectivity index (χ0n) is 17.6. The molecule has 1 aromatic carbocycles. The number of phenols is 1. The molecule has 1 aromatic heterocycles. The van der Waals surface area contributed by atoms with Crippen LogP contribution in [0.5, 0.6) is 11.5 Å². The highest BCUT2D eigenvalue weighted by Crippen LogP contribution is 2.60. The quantitative estimate of drug-likeness (QED) is 0.731. The molecule has 0 bridgehead atoms. The fraction of sp³-hybridized carbons (Fsp3) is 0.478. The molecule has 1 amide bonds. The maximum Gasteiger partial charge on any atom is 0.226 e. The highest BCUT2D eigenvalue weighted by molar-refractivity contribution is 7.07. The summed E-state index contributed by atoms with van der Waals surface area (Å²) in [6.45, 7) is 3.56. The van der Waals surface area contributed by atoms with Gasteiger partial charge in [0, 0.05) is 24.9 Å². The van der Waals surface area contributed by atoms with Crippen molar-refractivity contribution in [2.75, 3.05) is 33.8 Å². The molecule has 1 atom stereocenters. The third-order valence-electron chi connectivity index (χ3n) is 6.48. The van der Waals surface area contributed by atoms with Crippen molar-refractivity contribution in [3.05, 3.63) is 46.4 Å². The van der Waals surface area contributed by atoms with Gasteiger partial charge in [-0.05, 0) is 55.5 Å². The van der Waals surface area contributed by atoms with Crippen LogP contribution in [0.4, 0.5) is 0 Å². The molecule has 2 aromatic rings. The van der Waals surface area contributed by atoms with E-state index in [1.165, 1.54) is 0 Å². The largest absolute Gasteiger partial charge is 0.504 e. The SMILES string of the molecule is COc1cc(/C=C/CN2CCC3(CC2)C[C@H]3C(=O)N(C)Cc2cscn2)ccc1O. The van der Waals surface area contributed by atoms with Gasteiger partial charge in [-0.15, -0.1) is 11.3 Å². The average Bonchev–Trinajstić information content (AvgIpc) is 3.19.